The lowest BCUT2D eigenvalue weighted by Crippen LogP contribution is -2.15. The van der Waals surface area contributed by atoms with E-state index in [-0.39, 0.29) is 5.91 Å². The molecule has 0 bridgehead atoms. The minimum Gasteiger partial charge on any atom is -0.497 e. The smallest absolute Gasteiger partial charge is 0.234 e. The number of nitrogens with one attached hydrogen (secondary N) is 1. The number of hydrogen-bond donors (Lipinski definition) is 1. The first-order valence-electron chi connectivity index (χ1n) is 8.23. The number of benzene rings is 1. The minimum atomic E-state index is -0.0888. The summed E-state index contributed by atoms with van der Waals surface area (Å²) in [4.78, 5) is 17.0. The molecule has 1 saturated carbocycles. The van der Waals surface area contributed by atoms with Crippen LogP contribution in [0.1, 0.15) is 30.3 Å². The molecule has 1 aromatic carbocycles. The maximum absolute atomic E-state index is 12.3. The molecule has 1 amide bonds. The highest BCUT2D eigenvalue weighted by atomic mass is 32.2. The van der Waals surface area contributed by atoms with Crippen molar-refractivity contribution in [1.82, 2.24) is 9.55 Å². The third kappa shape index (κ3) is 3.92. The normalized spacial score (nSPS) is 13.6. The lowest BCUT2D eigenvalue weighted by Gasteiger charge is -2.12. The fraction of sp³-hybridized carbons (Fsp3) is 0.444. The summed E-state index contributed by atoms with van der Waals surface area (Å²) in [5.41, 5.74) is 2.86. The second kappa shape index (κ2) is 7.39. The standard InChI is InChI=1S/C18H23N3O3S/c1-11-12(2)21(13-5-6-13)18(19-11)25-10-17(22)20-15-8-7-14(23-3)9-16(15)24-4/h7-9,13H,5-6,10H2,1-4H3,(H,20,22). The van der Waals surface area contributed by atoms with E-state index in [2.05, 4.69) is 21.8 Å². The van der Waals surface area contributed by atoms with Crippen LogP contribution in [0.15, 0.2) is 23.4 Å². The number of aryl methyl sites for hydroxylation is 1. The van der Waals surface area contributed by atoms with Crippen molar-refractivity contribution in [3.63, 3.8) is 0 Å². The Morgan fingerprint density at radius 3 is 2.72 bits per heavy atom. The third-order valence-corrected chi connectivity index (χ3v) is 5.23. The number of nitrogens with zero attached hydrogens (tertiary/aromatic N) is 2. The van der Waals surface area contributed by atoms with Crippen LogP contribution in [-0.2, 0) is 4.79 Å². The van der Waals surface area contributed by atoms with Crippen LogP contribution in [0.3, 0.4) is 0 Å². The molecule has 1 N–H and O–H groups in total. The number of hydrogen-bond acceptors (Lipinski definition) is 5. The van der Waals surface area contributed by atoms with E-state index in [1.54, 1.807) is 32.4 Å². The molecule has 0 saturated heterocycles. The van der Waals surface area contributed by atoms with Gasteiger partial charge in [0.05, 0.1) is 31.4 Å². The summed E-state index contributed by atoms with van der Waals surface area (Å²) in [6.07, 6.45) is 2.39. The third-order valence-electron chi connectivity index (χ3n) is 4.28. The molecule has 1 fully saturated rings. The van der Waals surface area contributed by atoms with Crippen molar-refractivity contribution in [2.45, 2.75) is 37.9 Å². The van der Waals surface area contributed by atoms with Crippen molar-refractivity contribution in [2.75, 3.05) is 25.3 Å². The van der Waals surface area contributed by atoms with Gasteiger partial charge >= 0.3 is 0 Å². The predicted octanol–water partition coefficient (Wildman–Crippen LogP) is 3.58. The summed E-state index contributed by atoms with van der Waals surface area (Å²) in [5.74, 6) is 1.47. The van der Waals surface area contributed by atoms with E-state index >= 15 is 0 Å². The van der Waals surface area contributed by atoms with E-state index in [0.717, 1.165) is 10.9 Å². The molecule has 1 aliphatic carbocycles. The Bertz CT molecular complexity index is 784. The number of aromatic nitrogens is 2. The second-order valence-corrected chi connectivity index (χ2v) is 7.01. The molecular formula is C18H23N3O3S. The molecule has 1 heterocycles. The number of methoxy groups -OCH3 is 2. The van der Waals surface area contributed by atoms with Gasteiger partial charge in [-0.2, -0.15) is 0 Å². The van der Waals surface area contributed by atoms with E-state index in [9.17, 15) is 4.79 Å². The van der Waals surface area contributed by atoms with E-state index in [0.29, 0.717) is 29.0 Å². The van der Waals surface area contributed by atoms with Crippen molar-refractivity contribution in [3.8, 4) is 11.5 Å². The minimum absolute atomic E-state index is 0.0888. The predicted molar refractivity (Wildman–Crippen MR) is 98.9 cm³/mol. The van der Waals surface area contributed by atoms with E-state index in [1.165, 1.54) is 30.3 Å². The lowest BCUT2D eigenvalue weighted by atomic mass is 10.2. The van der Waals surface area contributed by atoms with Crippen LogP contribution >= 0.6 is 11.8 Å². The summed E-state index contributed by atoms with van der Waals surface area (Å²) < 4.78 is 12.7. The lowest BCUT2D eigenvalue weighted by molar-refractivity contribution is -0.113. The fourth-order valence-electron chi connectivity index (χ4n) is 2.68. The van der Waals surface area contributed by atoms with Gasteiger partial charge in [-0.3, -0.25) is 4.79 Å². The Labute approximate surface area is 151 Å². The van der Waals surface area contributed by atoms with E-state index in [1.807, 2.05) is 6.92 Å². The molecule has 0 aliphatic heterocycles. The number of rotatable bonds is 7. The molecular weight excluding hydrogens is 338 g/mol. The maximum atomic E-state index is 12.3. The summed E-state index contributed by atoms with van der Waals surface area (Å²) in [7, 11) is 3.16. The molecule has 1 aliphatic rings. The van der Waals surface area contributed by atoms with Crippen molar-refractivity contribution in [2.24, 2.45) is 0 Å². The van der Waals surface area contributed by atoms with Gasteiger partial charge in [-0.15, -0.1) is 0 Å². The first-order valence-corrected chi connectivity index (χ1v) is 9.22. The molecule has 0 radical (unpaired) electrons. The molecule has 1 aromatic heterocycles. The zero-order chi connectivity index (χ0) is 18.0. The van der Waals surface area contributed by atoms with Crippen LogP contribution in [-0.4, -0.2) is 35.4 Å². The summed E-state index contributed by atoms with van der Waals surface area (Å²) in [5, 5.41) is 3.82. The van der Waals surface area contributed by atoms with Crippen molar-refractivity contribution in [3.05, 3.63) is 29.6 Å². The Morgan fingerprint density at radius 1 is 1.32 bits per heavy atom. The maximum Gasteiger partial charge on any atom is 0.234 e. The number of amides is 1. The SMILES string of the molecule is COc1ccc(NC(=O)CSc2nc(C)c(C)n2C2CC2)c(OC)c1. The Kier molecular flexibility index (Phi) is 5.22. The largest absolute Gasteiger partial charge is 0.497 e. The number of carbonyl (C=O) groups is 1. The van der Waals surface area contributed by atoms with Crippen molar-refractivity contribution in [1.29, 1.82) is 0 Å². The van der Waals surface area contributed by atoms with Gasteiger partial charge in [0.25, 0.3) is 0 Å². The molecule has 0 atom stereocenters. The quantitative estimate of drug-likeness (QED) is 0.764. The Hall–Kier alpha value is -2.15. The number of carbonyl (C=O) groups excluding carboxylic acids is 1. The molecule has 25 heavy (non-hydrogen) atoms. The average molecular weight is 361 g/mol. The molecule has 6 nitrogen and oxygen atoms in total. The average Bonchev–Trinajstić information content (AvgIpc) is 3.40. The zero-order valence-electron chi connectivity index (χ0n) is 15.0. The molecule has 0 unspecified atom stereocenters. The van der Waals surface area contributed by atoms with E-state index in [4.69, 9.17) is 9.47 Å². The van der Waals surface area contributed by atoms with Crippen molar-refractivity contribution >= 4 is 23.4 Å². The van der Waals surface area contributed by atoms with Gasteiger partial charge in [-0.1, -0.05) is 11.8 Å². The van der Waals surface area contributed by atoms with Gasteiger partial charge in [0.2, 0.25) is 5.91 Å². The highest BCUT2D eigenvalue weighted by molar-refractivity contribution is 7.99. The molecule has 2 aromatic rings. The van der Waals surface area contributed by atoms with Crippen LogP contribution < -0.4 is 14.8 Å². The van der Waals surface area contributed by atoms with Crippen LogP contribution in [0.4, 0.5) is 5.69 Å². The van der Waals surface area contributed by atoms with Gasteiger partial charge in [0.15, 0.2) is 5.16 Å². The Balaban J connectivity index is 1.65. The van der Waals surface area contributed by atoms with Crippen LogP contribution in [0.25, 0.3) is 0 Å². The monoisotopic (exact) mass is 361 g/mol. The first kappa shape index (κ1) is 17.7. The summed E-state index contributed by atoms with van der Waals surface area (Å²) in [6, 6.07) is 5.86. The topological polar surface area (TPSA) is 65.4 Å². The van der Waals surface area contributed by atoms with Crippen LogP contribution in [0, 0.1) is 13.8 Å². The number of thioether (sulfide) groups is 1. The Morgan fingerprint density at radius 2 is 2.08 bits per heavy atom. The molecule has 0 spiro atoms. The number of anilines is 1. The fourth-order valence-corrected chi connectivity index (χ4v) is 3.64. The zero-order valence-corrected chi connectivity index (χ0v) is 15.8. The van der Waals surface area contributed by atoms with Gasteiger partial charge in [-0.05, 0) is 38.8 Å². The van der Waals surface area contributed by atoms with Crippen LogP contribution in [0.5, 0.6) is 11.5 Å². The highest BCUT2D eigenvalue weighted by Gasteiger charge is 2.28. The second-order valence-electron chi connectivity index (χ2n) is 6.07. The van der Waals surface area contributed by atoms with E-state index < -0.39 is 0 Å². The summed E-state index contributed by atoms with van der Waals surface area (Å²) in [6.45, 7) is 4.10. The highest BCUT2D eigenvalue weighted by Crippen LogP contribution is 2.40. The van der Waals surface area contributed by atoms with Crippen molar-refractivity contribution < 1.29 is 14.3 Å². The summed E-state index contributed by atoms with van der Waals surface area (Å²) >= 11 is 1.47. The van der Waals surface area contributed by atoms with Gasteiger partial charge in [0.1, 0.15) is 11.5 Å². The number of ether oxygens (including phenoxy) is 2. The first-order chi connectivity index (χ1) is 12.0. The number of imidazole rings is 1. The molecule has 3 rings (SSSR count). The van der Waals surface area contributed by atoms with Crippen LogP contribution in [0.2, 0.25) is 0 Å². The van der Waals surface area contributed by atoms with Gasteiger partial charge in [-0.25, -0.2) is 4.98 Å². The van der Waals surface area contributed by atoms with Gasteiger partial charge in [0, 0.05) is 17.8 Å². The molecule has 134 valence electrons. The van der Waals surface area contributed by atoms with Gasteiger partial charge < -0.3 is 19.4 Å². The molecule has 7 heteroatoms.